The van der Waals surface area contributed by atoms with Crippen LogP contribution in [0, 0.1) is 5.92 Å². The Morgan fingerprint density at radius 2 is 1.83 bits per heavy atom. The normalized spacial score (nSPS) is 14.6. The summed E-state index contributed by atoms with van der Waals surface area (Å²) in [6.07, 6.45) is 0.964. The maximum absolute atomic E-state index is 9.52. The van der Waals surface area contributed by atoms with Crippen LogP contribution in [-0.2, 0) is 0 Å². The summed E-state index contributed by atoms with van der Waals surface area (Å²) in [4.78, 5) is 0. The Morgan fingerprint density at radius 3 is 2.50 bits per heavy atom. The minimum atomic E-state index is 0.200. The minimum Gasteiger partial charge on any atom is -0.396 e. The van der Waals surface area contributed by atoms with E-state index in [-0.39, 0.29) is 18.6 Å². The molecule has 96 valence electrons. The van der Waals surface area contributed by atoms with Gasteiger partial charge in [-0.2, -0.15) is 0 Å². The highest BCUT2D eigenvalue weighted by molar-refractivity contribution is 5.86. The van der Waals surface area contributed by atoms with Crippen molar-refractivity contribution in [1.29, 1.82) is 0 Å². The van der Waals surface area contributed by atoms with Crippen molar-refractivity contribution in [3.8, 4) is 0 Å². The van der Waals surface area contributed by atoms with Gasteiger partial charge in [0.25, 0.3) is 0 Å². The predicted molar refractivity (Wildman–Crippen MR) is 76.6 cm³/mol. The number of rotatable bonds is 5. The van der Waals surface area contributed by atoms with Crippen LogP contribution in [-0.4, -0.2) is 18.8 Å². The molecule has 0 aliphatic rings. The van der Waals surface area contributed by atoms with E-state index in [1.165, 1.54) is 16.3 Å². The zero-order chi connectivity index (χ0) is 13.0. The molecule has 2 rings (SSSR count). The standard InChI is InChI=1S/C16H21NO/c1-3-12(11-18)16(17-2)15-10-6-8-13-7-4-5-9-14(13)15/h4-10,12,16-18H,3,11H2,1-2H3. The topological polar surface area (TPSA) is 32.3 Å². The van der Waals surface area contributed by atoms with Gasteiger partial charge in [0.1, 0.15) is 0 Å². The van der Waals surface area contributed by atoms with Crippen LogP contribution in [0.5, 0.6) is 0 Å². The van der Waals surface area contributed by atoms with Gasteiger partial charge in [0, 0.05) is 18.6 Å². The van der Waals surface area contributed by atoms with E-state index < -0.39 is 0 Å². The highest BCUT2D eigenvalue weighted by Gasteiger charge is 2.20. The number of hydrogen-bond donors (Lipinski definition) is 2. The highest BCUT2D eigenvalue weighted by Crippen LogP contribution is 2.30. The molecular weight excluding hydrogens is 222 g/mol. The van der Waals surface area contributed by atoms with E-state index in [4.69, 9.17) is 0 Å². The van der Waals surface area contributed by atoms with Crippen molar-refractivity contribution in [3.05, 3.63) is 48.0 Å². The van der Waals surface area contributed by atoms with Gasteiger partial charge in [-0.3, -0.25) is 0 Å². The van der Waals surface area contributed by atoms with E-state index >= 15 is 0 Å². The lowest BCUT2D eigenvalue weighted by atomic mass is 9.88. The van der Waals surface area contributed by atoms with Crippen LogP contribution in [0.3, 0.4) is 0 Å². The molecule has 2 N–H and O–H groups in total. The second-order valence-corrected chi connectivity index (χ2v) is 4.69. The Balaban J connectivity index is 2.51. The van der Waals surface area contributed by atoms with E-state index in [9.17, 15) is 5.11 Å². The smallest absolute Gasteiger partial charge is 0.0477 e. The number of aliphatic hydroxyl groups is 1. The van der Waals surface area contributed by atoms with Gasteiger partial charge in [0.05, 0.1) is 0 Å². The van der Waals surface area contributed by atoms with Gasteiger partial charge in [0.2, 0.25) is 0 Å². The van der Waals surface area contributed by atoms with E-state index in [0.717, 1.165) is 6.42 Å². The lowest BCUT2D eigenvalue weighted by molar-refractivity contribution is 0.189. The second-order valence-electron chi connectivity index (χ2n) is 4.69. The maximum atomic E-state index is 9.52. The van der Waals surface area contributed by atoms with Gasteiger partial charge < -0.3 is 10.4 Å². The minimum absolute atomic E-state index is 0.200. The molecular formula is C16H21NO. The molecule has 0 spiro atoms. The van der Waals surface area contributed by atoms with Crippen molar-refractivity contribution in [2.75, 3.05) is 13.7 Å². The molecule has 0 heterocycles. The van der Waals surface area contributed by atoms with Crippen molar-refractivity contribution >= 4 is 10.8 Å². The third-order valence-corrected chi connectivity index (χ3v) is 3.70. The van der Waals surface area contributed by atoms with Gasteiger partial charge in [-0.25, -0.2) is 0 Å². The molecule has 0 aliphatic carbocycles. The van der Waals surface area contributed by atoms with Crippen molar-refractivity contribution < 1.29 is 5.11 Å². The fraction of sp³-hybridized carbons (Fsp3) is 0.375. The molecule has 18 heavy (non-hydrogen) atoms. The monoisotopic (exact) mass is 243 g/mol. The average Bonchev–Trinajstić information content (AvgIpc) is 2.44. The van der Waals surface area contributed by atoms with E-state index in [2.05, 4.69) is 54.7 Å². The molecule has 2 aromatic carbocycles. The van der Waals surface area contributed by atoms with Crippen LogP contribution in [0.1, 0.15) is 24.9 Å². The van der Waals surface area contributed by atoms with Crippen LogP contribution in [0.25, 0.3) is 10.8 Å². The molecule has 0 bridgehead atoms. The number of nitrogens with one attached hydrogen (secondary N) is 1. The van der Waals surface area contributed by atoms with Gasteiger partial charge in [-0.1, -0.05) is 49.4 Å². The predicted octanol–water partition coefficient (Wildman–Crippen LogP) is 3.12. The SMILES string of the molecule is CCC(CO)C(NC)c1cccc2ccccc12. The fourth-order valence-corrected chi connectivity index (χ4v) is 2.64. The second kappa shape index (κ2) is 5.98. The molecule has 0 aromatic heterocycles. The number of hydrogen-bond acceptors (Lipinski definition) is 2. The quantitative estimate of drug-likeness (QED) is 0.845. The lowest BCUT2D eigenvalue weighted by Gasteiger charge is -2.26. The molecule has 0 saturated heterocycles. The first-order valence-corrected chi connectivity index (χ1v) is 6.57. The zero-order valence-corrected chi connectivity index (χ0v) is 11.1. The van der Waals surface area contributed by atoms with Crippen LogP contribution >= 0.6 is 0 Å². The zero-order valence-electron chi connectivity index (χ0n) is 11.1. The molecule has 2 heteroatoms. The molecule has 0 aliphatic heterocycles. The number of benzene rings is 2. The maximum Gasteiger partial charge on any atom is 0.0477 e. The summed E-state index contributed by atoms with van der Waals surface area (Å²) in [6, 6.07) is 15.0. The molecule has 0 radical (unpaired) electrons. The van der Waals surface area contributed by atoms with Crippen molar-refractivity contribution in [2.24, 2.45) is 5.92 Å². The lowest BCUT2D eigenvalue weighted by Crippen LogP contribution is -2.27. The molecule has 2 unspecified atom stereocenters. The first-order valence-electron chi connectivity index (χ1n) is 6.57. The van der Waals surface area contributed by atoms with Crippen molar-refractivity contribution in [3.63, 3.8) is 0 Å². The van der Waals surface area contributed by atoms with Gasteiger partial charge in [0.15, 0.2) is 0 Å². The summed E-state index contributed by atoms with van der Waals surface area (Å²) in [6.45, 7) is 2.33. The van der Waals surface area contributed by atoms with Crippen molar-refractivity contribution in [1.82, 2.24) is 5.32 Å². The first kappa shape index (κ1) is 13.1. The van der Waals surface area contributed by atoms with Gasteiger partial charge >= 0.3 is 0 Å². The Bertz CT molecular complexity index is 500. The van der Waals surface area contributed by atoms with Gasteiger partial charge in [-0.05, 0) is 29.8 Å². The molecule has 2 nitrogen and oxygen atoms in total. The van der Waals surface area contributed by atoms with Crippen molar-refractivity contribution in [2.45, 2.75) is 19.4 Å². The van der Waals surface area contributed by atoms with E-state index in [1.54, 1.807) is 0 Å². The Hall–Kier alpha value is -1.38. The Kier molecular flexibility index (Phi) is 4.34. The third-order valence-electron chi connectivity index (χ3n) is 3.70. The largest absolute Gasteiger partial charge is 0.396 e. The van der Waals surface area contributed by atoms with Crippen LogP contribution in [0.2, 0.25) is 0 Å². The molecule has 0 amide bonds. The average molecular weight is 243 g/mol. The summed E-state index contributed by atoms with van der Waals surface area (Å²) in [5.41, 5.74) is 1.27. The van der Waals surface area contributed by atoms with E-state index in [0.29, 0.717) is 0 Å². The summed E-state index contributed by atoms with van der Waals surface area (Å²) in [7, 11) is 1.96. The van der Waals surface area contributed by atoms with Crippen LogP contribution < -0.4 is 5.32 Å². The Labute approximate surface area is 109 Å². The first-order chi connectivity index (χ1) is 8.81. The van der Waals surface area contributed by atoms with E-state index in [1.807, 2.05) is 7.05 Å². The summed E-state index contributed by atoms with van der Waals surface area (Å²) < 4.78 is 0. The number of fused-ring (bicyclic) bond motifs is 1. The fourth-order valence-electron chi connectivity index (χ4n) is 2.64. The van der Waals surface area contributed by atoms with Crippen LogP contribution in [0.4, 0.5) is 0 Å². The molecule has 2 aromatic rings. The summed E-state index contributed by atoms with van der Waals surface area (Å²) in [5, 5.41) is 15.4. The highest BCUT2D eigenvalue weighted by atomic mass is 16.3. The van der Waals surface area contributed by atoms with Gasteiger partial charge in [-0.15, -0.1) is 0 Å². The Morgan fingerprint density at radius 1 is 1.11 bits per heavy atom. The van der Waals surface area contributed by atoms with Crippen LogP contribution in [0.15, 0.2) is 42.5 Å². The summed E-state index contributed by atoms with van der Waals surface area (Å²) in [5.74, 6) is 0.251. The summed E-state index contributed by atoms with van der Waals surface area (Å²) >= 11 is 0. The molecule has 0 fully saturated rings. The number of aliphatic hydroxyl groups excluding tert-OH is 1. The molecule has 0 saturated carbocycles. The molecule has 2 atom stereocenters. The third kappa shape index (κ3) is 2.40.